The Labute approximate surface area is 117 Å². The molecule has 0 spiro atoms. The zero-order chi connectivity index (χ0) is 14.7. The molecule has 4 heteroatoms. The Bertz CT molecular complexity index is 653. The minimum Gasteiger partial charge on any atom is -0.326 e. The van der Waals surface area contributed by atoms with Crippen LogP contribution in [0.15, 0.2) is 36.4 Å². The Kier molecular flexibility index (Phi) is 4.15. The Morgan fingerprint density at radius 1 is 1.20 bits per heavy atom. The largest absolute Gasteiger partial charge is 0.326 e. The summed E-state index contributed by atoms with van der Waals surface area (Å²) in [5.74, 6) is -0.982. The van der Waals surface area contributed by atoms with E-state index in [0.29, 0.717) is 12.2 Å². The van der Waals surface area contributed by atoms with Crippen LogP contribution in [0.4, 0.5) is 10.1 Å². The van der Waals surface area contributed by atoms with Crippen LogP contribution in [-0.4, -0.2) is 5.91 Å². The third-order valence-corrected chi connectivity index (χ3v) is 3.15. The molecule has 0 aliphatic carbocycles. The number of carbonyl (C=O) groups excluding carboxylic acids is 1. The maximum Gasteiger partial charge on any atom is 0.258 e. The Morgan fingerprint density at radius 3 is 2.65 bits per heavy atom. The van der Waals surface area contributed by atoms with Gasteiger partial charge in [-0.3, -0.25) is 4.79 Å². The van der Waals surface area contributed by atoms with Crippen molar-refractivity contribution in [1.82, 2.24) is 0 Å². The lowest BCUT2D eigenvalue weighted by Gasteiger charge is -2.11. The van der Waals surface area contributed by atoms with Gasteiger partial charge < -0.3 is 11.1 Å². The van der Waals surface area contributed by atoms with Crippen molar-refractivity contribution >= 4 is 11.6 Å². The third kappa shape index (κ3) is 3.03. The molecule has 0 aliphatic heterocycles. The zero-order valence-corrected chi connectivity index (χ0v) is 11.5. The molecule has 2 rings (SSSR count). The van der Waals surface area contributed by atoms with Gasteiger partial charge in [-0.05, 0) is 43.2 Å². The number of anilines is 1. The summed E-state index contributed by atoms with van der Waals surface area (Å²) < 4.78 is 13.7. The van der Waals surface area contributed by atoms with Crippen molar-refractivity contribution in [3.05, 3.63) is 64.5 Å². The van der Waals surface area contributed by atoms with E-state index in [9.17, 15) is 9.18 Å². The van der Waals surface area contributed by atoms with E-state index in [1.54, 1.807) is 12.1 Å². The summed E-state index contributed by atoms with van der Waals surface area (Å²) in [5.41, 5.74) is 8.93. The second-order valence-electron chi connectivity index (χ2n) is 4.79. The normalized spacial score (nSPS) is 10.4. The highest BCUT2D eigenvalue weighted by Gasteiger charge is 2.13. The third-order valence-electron chi connectivity index (χ3n) is 3.15. The van der Waals surface area contributed by atoms with Crippen molar-refractivity contribution in [3.8, 4) is 0 Å². The van der Waals surface area contributed by atoms with Gasteiger partial charge in [0.2, 0.25) is 0 Å². The van der Waals surface area contributed by atoms with Crippen molar-refractivity contribution < 1.29 is 9.18 Å². The van der Waals surface area contributed by atoms with E-state index in [-0.39, 0.29) is 5.56 Å². The van der Waals surface area contributed by atoms with Crippen LogP contribution in [0.3, 0.4) is 0 Å². The number of hydrogen-bond donors (Lipinski definition) is 2. The lowest BCUT2D eigenvalue weighted by molar-refractivity contribution is 0.102. The lowest BCUT2D eigenvalue weighted by Crippen LogP contribution is -2.15. The predicted molar refractivity (Wildman–Crippen MR) is 78.2 cm³/mol. The van der Waals surface area contributed by atoms with Gasteiger partial charge in [0.1, 0.15) is 5.82 Å². The number of halogens is 1. The minimum absolute atomic E-state index is 0.0440. The topological polar surface area (TPSA) is 55.1 Å². The zero-order valence-electron chi connectivity index (χ0n) is 11.5. The minimum atomic E-state index is -0.527. The lowest BCUT2D eigenvalue weighted by atomic mass is 10.1. The molecule has 2 aromatic carbocycles. The van der Waals surface area contributed by atoms with Gasteiger partial charge >= 0.3 is 0 Å². The van der Waals surface area contributed by atoms with Gasteiger partial charge in [-0.25, -0.2) is 4.39 Å². The summed E-state index contributed by atoms with van der Waals surface area (Å²) >= 11 is 0. The molecule has 0 fully saturated rings. The van der Waals surface area contributed by atoms with Crippen LogP contribution in [0, 0.1) is 19.7 Å². The van der Waals surface area contributed by atoms with Gasteiger partial charge in [0.15, 0.2) is 0 Å². The molecule has 0 aromatic heterocycles. The van der Waals surface area contributed by atoms with E-state index in [0.717, 1.165) is 16.7 Å². The van der Waals surface area contributed by atoms with E-state index in [1.807, 2.05) is 26.0 Å². The summed E-state index contributed by atoms with van der Waals surface area (Å²) in [5, 5.41) is 2.73. The van der Waals surface area contributed by atoms with Crippen LogP contribution in [0.2, 0.25) is 0 Å². The molecule has 0 radical (unpaired) electrons. The molecule has 1 amide bonds. The summed E-state index contributed by atoms with van der Waals surface area (Å²) in [6, 6.07) is 10.1. The molecule has 0 saturated heterocycles. The highest BCUT2D eigenvalue weighted by molar-refractivity contribution is 6.05. The molecule has 0 heterocycles. The first-order chi connectivity index (χ1) is 9.51. The molecule has 20 heavy (non-hydrogen) atoms. The van der Waals surface area contributed by atoms with E-state index in [4.69, 9.17) is 5.73 Å². The van der Waals surface area contributed by atoms with E-state index in [1.165, 1.54) is 12.1 Å². The van der Waals surface area contributed by atoms with Gasteiger partial charge in [-0.15, -0.1) is 0 Å². The standard InChI is InChI=1S/C16H17FN2O/c1-10-3-6-14(17)13(7-10)16(20)19-15-8-12(9-18)5-4-11(15)2/h3-8H,9,18H2,1-2H3,(H,19,20). The van der Waals surface area contributed by atoms with Gasteiger partial charge in [-0.2, -0.15) is 0 Å². The summed E-state index contributed by atoms with van der Waals surface area (Å²) in [7, 11) is 0. The van der Waals surface area contributed by atoms with E-state index >= 15 is 0 Å². The number of benzene rings is 2. The number of aryl methyl sites for hydroxylation is 2. The fourth-order valence-corrected chi connectivity index (χ4v) is 1.93. The molecule has 0 unspecified atom stereocenters. The second-order valence-corrected chi connectivity index (χ2v) is 4.79. The van der Waals surface area contributed by atoms with Gasteiger partial charge in [0, 0.05) is 12.2 Å². The van der Waals surface area contributed by atoms with Crippen molar-refractivity contribution in [2.45, 2.75) is 20.4 Å². The molecular weight excluding hydrogens is 255 g/mol. The van der Waals surface area contributed by atoms with Crippen molar-refractivity contribution in [1.29, 1.82) is 0 Å². The SMILES string of the molecule is Cc1ccc(F)c(C(=O)Nc2cc(CN)ccc2C)c1. The maximum absolute atomic E-state index is 13.7. The van der Waals surface area contributed by atoms with Gasteiger partial charge in [0.25, 0.3) is 5.91 Å². The van der Waals surface area contributed by atoms with E-state index in [2.05, 4.69) is 5.32 Å². The molecule has 0 bridgehead atoms. The number of carbonyl (C=O) groups is 1. The van der Waals surface area contributed by atoms with E-state index < -0.39 is 11.7 Å². The number of rotatable bonds is 3. The van der Waals surface area contributed by atoms with Crippen LogP contribution in [0.5, 0.6) is 0 Å². The number of nitrogens with two attached hydrogens (primary N) is 1. The number of nitrogens with one attached hydrogen (secondary N) is 1. The van der Waals surface area contributed by atoms with Crippen LogP contribution in [0.1, 0.15) is 27.0 Å². The molecule has 0 aliphatic rings. The van der Waals surface area contributed by atoms with Gasteiger partial charge in [0.05, 0.1) is 5.56 Å². The predicted octanol–water partition coefficient (Wildman–Crippen LogP) is 3.15. The molecule has 2 aromatic rings. The fraction of sp³-hybridized carbons (Fsp3) is 0.188. The highest BCUT2D eigenvalue weighted by atomic mass is 19.1. The first-order valence-electron chi connectivity index (χ1n) is 6.38. The van der Waals surface area contributed by atoms with Crippen molar-refractivity contribution in [2.24, 2.45) is 5.73 Å². The fourth-order valence-electron chi connectivity index (χ4n) is 1.93. The Morgan fingerprint density at radius 2 is 1.95 bits per heavy atom. The van der Waals surface area contributed by atoms with Crippen molar-refractivity contribution in [3.63, 3.8) is 0 Å². The van der Waals surface area contributed by atoms with Crippen LogP contribution in [0.25, 0.3) is 0 Å². The number of hydrogen-bond acceptors (Lipinski definition) is 2. The summed E-state index contributed by atoms with van der Waals surface area (Å²) in [4.78, 5) is 12.2. The Hall–Kier alpha value is -2.20. The monoisotopic (exact) mass is 272 g/mol. The highest BCUT2D eigenvalue weighted by Crippen LogP contribution is 2.19. The van der Waals surface area contributed by atoms with Crippen LogP contribution < -0.4 is 11.1 Å². The molecule has 0 saturated carbocycles. The molecule has 0 atom stereocenters. The van der Waals surface area contributed by atoms with Gasteiger partial charge in [-0.1, -0.05) is 23.8 Å². The average molecular weight is 272 g/mol. The first kappa shape index (κ1) is 14.2. The smallest absolute Gasteiger partial charge is 0.258 e. The average Bonchev–Trinajstić information content (AvgIpc) is 2.43. The van der Waals surface area contributed by atoms with Crippen LogP contribution in [-0.2, 0) is 6.54 Å². The molecular formula is C16H17FN2O. The quantitative estimate of drug-likeness (QED) is 0.901. The molecule has 104 valence electrons. The van der Waals surface area contributed by atoms with Crippen molar-refractivity contribution in [2.75, 3.05) is 5.32 Å². The number of amides is 1. The van der Waals surface area contributed by atoms with Crippen LogP contribution >= 0.6 is 0 Å². The molecule has 3 N–H and O–H groups in total. The summed E-state index contributed by atoms with van der Waals surface area (Å²) in [6.45, 7) is 4.08. The first-order valence-corrected chi connectivity index (χ1v) is 6.38. The maximum atomic E-state index is 13.7. The second kappa shape index (κ2) is 5.84. The summed E-state index contributed by atoms with van der Waals surface area (Å²) in [6.07, 6.45) is 0. The Balaban J connectivity index is 2.30. The molecule has 3 nitrogen and oxygen atoms in total.